The van der Waals surface area contributed by atoms with Crippen molar-refractivity contribution in [1.29, 1.82) is 0 Å². The van der Waals surface area contributed by atoms with Gasteiger partial charge in [-0.1, -0.05) is 24.9 Å². The van der Waals surface area contributed by atoms with Crippen LogP contribution in [0.15, 0.2) is 47.6 Å². The summed E-state index contributed by atoms with van der Waals surface area (Å²) in [5, 5.41) is 3.16. The molecule has 0 spiro atoms. The summed E-state index contributed by atoms with van der Waals surface area (Å²) >= 11 is 5.38. The first kappa shape index (κ1) is 15.1. The van der Waals surface area contributed by atoms with Gasteiger partial charge in [0.15, 0.2) is 11.5 Å². The highest BCUT2D eigenvalue weighted by Crippen LogP contribution is 2.30. The van der Waals surface area contributed by atoms with E-state index in [1.807, 2.05) is 31.2 Å². The smallest absolute Gasteiger partial charge is 0.163 e. The molecule has 1 heterocycles. The molecular formula is C16H17NO3S. The molecule has 0 atom stereocenters. The molecule has 0 bridgehead atoms. The predicted octanol–water partition coefficient (Wildman–Crippen LogP) is 3.95. The SMILES string of the molecule is C=CCOc1cc(NC(=S)c2ccoc2C)ccc1OC. The lowest BCUT2D eigenvalue weighted by atomic mass is 10.2. The fourth-order valence-corrected chi connectivity index (χ4v) is 2.16. The number of furan rings is 1. The summed E-state index contributed by atoms with van der Waals surface area (Å²) in [6.45, 7) is 5.91. The Kier molecular flexibility index (Phi) is 5.00. The van der Waals surface area contributed by atoms with E-state index in [1.165, 1.54) is 0 Å². The van der Waals surface area contributed by atoms with Crippen molar-refractivity contribution in [3.05, 3.63) is 54.5 Å². The van der Waals surface area contributed by atoms with Gasteiger partial charge in [0.1, 0.15) is 17.4 Å². The quantitative estimate of drug-likeness (QED) is 0.646. The summed E-state index contributed by atoms with van der Waals surface area (Å²) in [6.07, 6.45) is 3.30. The molecular weight excluding hydrogens is 286 g/mol. The van der Waals surface area contributed by atoms with E-state index in [1.54, 1.807) is 19.4 Å². The molecule has 1 N–H and O–H groups in total. The van der Waals surface area contributed by atoms with E-state index in [9.17, 15) is 0 Å². The zero-order chi connectivity index (χ0) is 15.2. The number of nitrogens with one attached hydrogen (secondary N) is 1. The van der Waals surface area contributed by atoms with Crippen molar-refractivity contribution in [1.82, 2.24) is 0 Å². The molecule has 0 aliphatic heterocycles. The molecule has 5 heteroatoms. The fraction of sp³-hybridized carbons (Fsp3) is 0.188. The minimum Gasteiger partial charge on any atom is -0.493 e. The summed E-state index contributed by atoms with van der Waals surface area (Å²) in [5.41, 5.74) is 1.69. The van der Waals surface area contributed by atoms with Crippen LogP contribution in [0.2, 0.25) is 0 Å². The highest BCUT2D eigenvalue weighted by atomic mass is 32.1. The van der Waals surface area contributed by atoms with Crippen molar-refractivity contribution >= 4 is 22.9 Å². The van der Waals surface area contributed by atoms with E-state index >= 15 is 0 Å². The van der Waals surface area contributed by atoms with Crippen LogP contribution >= 0.6 is 12.2 Å². The number of benzene rings is 1. The van der Waals surface area contributed by atoms with Crippen LogP contribution in [0.25, 0.3) is 0 Å². The third kappa shape index (κ3) is 3.64. The normalized spacial score (nSPS) is 10.0. The maximum absolute atomic E-state index is 5.57. The predicted molar refractivity (Wildman–Crippen MR) is 87.5 cm³/mol. The summed E-state index contributed by atoms with van der Waals surface area (Å²) in [5.74, 6) is 2.08. The Morgan fingerprint density at radius 3 is 2.81 bits per heavy atom. The Morgan fingerprint density at radius 2 is 2.19 bits per heavy atom. The lowest BCUT2D eigenvalue weighted by Crippen LogP contribution is -2.11. The number of aryl methyl sites for hydroxylation is 1. The second kappa shape index (κ2) is 6.95. The maximum Gasteiger partial charge on any atom is 0.163 e. The van der Waals surface area contributed by atoms with Gasteiger partial charge in [0.2, 0.25) is 0 Å². The van der Waals surface area contributed by atoms with E-state index in [-0.39, 0.29) is 0 Å². The Bertz CT molecular complexity index is 649. The van der Waals surface area contributed by atoms with Crippen molar-refractivity contribution in [2.75, 3.05) is 19.0 Å². The summed E-state index contributed by atoms with van der Waals surface area (Å²) < 4.78 is 16.1. The van der Waals surface area contributed by atoms with Crippen LogP contribution in [-0.4, -0.2) is 18.7 Å². The number of methoxy groups -OCH3 is 1. The molecule has 0 radical (unpaired) electrons. The number of ether oxygens (including phenoxy) is 2. The van der Waals surface area contributed by atoms with E-state index < -0.39 is 0 Å². The number of anilines is 1. The van der Waals surface area contributed by atoms with Crippen molar-refractivity contribution in [2.45, 2.75) is 6.92 Å². The monoisotopic (exact) mass is 303 g/mol. The highest BCUT2D eigenvalue weighted by Gasteiger charge is 2.10. The molecule has 21 heavy (non-hydrogen) atoms. The van der Waals surface area contributed by atoms with E-state index in [0.29, 0.717) is 23.1 Å². The van der Waals surface area contributed by atoms with Gasteiger partial charge in [-0.25, -0.2) is 0 Å². The van der Waals surface area contributed by atoms with Gasteiger partial charge in [-0.15, -0.1) is 0 Å². The van der Waals surface area contributed by atoms with Crippen molar-refractivity contribution in [3.8, 4) is 11.5 Å². The van der Waals surface area contributed by atoms with Crippen LogP contribution in [0.5, 0.6) is 11.5 Å². The Morgan fingerprint density at radius 1 is 1.38 bits per heavy atom. The van der Waals surface area contributed by atoms with Gasteiger partial charge in [-0.2, -0.15) is 0 Å². The van der Waals surface area contributed by atoms with E-state index in [4.69, 9.17) is 26.1 Å². The number of hydrogen-bond acceptors (Lipinski definition) is 4. The van der Waals surface area contributed by atoms with E-state index in [0.717, 1.165) is 17.0 Å². The third-order valence-corrected chi connectivity index (χ3v) is 3.20. The maximum atomic E-state index is 5.57. The van der Waals surface area contributed by atoms with E-state index in [2.05, 4.69) is 11.9 Å². The van der Waals surface area contributed by atoms with Crippen LogP contribution < -0.4 is 14.8 Å². The third-order valence-electron chi connectivity index (χ3n) is 2.88. The molecule has 2 aromatic rings. The van der Waals surface area contributed by atoms with Crippen LogP contribution in [0.3, 0.4) is 0 Å². The molecule has 0 unspecified atom stereocenters. The van der Waals surface area contributed by atoms with Crippen molar-refractivity contribution < 1.29 is 13.9 Å². The number of hydrogen-bond donors (Lipinski definition) is 1. The minimum absolute atomic E-state index is 0.408. The van der Waals surface area contributed by atoms with Crippen LogP contribution in [0.4, 0.5) is 5.69 Å². The first-order valence-corrected chi connectivity index (χ1v) is 6.83. The average Bonchev–Trinajstić information content (AvgIpc) is 2.91. The molecule has 1 aromatic heterocycles. The van der Waals surface area contributed by atoms with Gasteiger partial charge in [-0.3, -0.25) is 0 Å². The standard InChI is InChI=1S/C16H17NO3S/c1-4-8-20-15-10-12(5-6-14(15)18-3)17-16(21)13-7-9-19-11(13)2/h4-7,9-10H,1,8H2,2-3H3,(H,17,21). The Labute approximate surface area is 129 Å². The molecule has 4 nitrogen and oxygen atoms in total. The van der Waals surface area contributed by atoms with Crippen molar-refractivity contribution in [3.63, 3.8) is 0 Å². The second-order valence-corrected chi connectivity index (χ2v) is 4.72. The molecule has 0 amide bonds. The molecule has 2 rings (SSSR count). The molecule has 1 aromatic carbocycles. The van der Waals surface area contributed by atoms with Gasteiger partial charge < -0.3 is 19.2 Å². The molecule has 0 aliphatic carbocycles. The molecule has 0 saturated carbocycles. The summed E-state index contributed by atoms with van der Waals surface area (Å²) in [6, 6.07) is 7.38. The summed E-state index contributed by atoms with van der Waals surface area (Å²) in [4.78, 5) is 0.598. The molecule has 0 saturated heterocycles. The average molecular weight is 303 g/mol. The molecule has 0 aliphatic rings. The zero-order valence-corrected chi connectivity index (χ0v) is 12.8. The van der Waals surface area contributed by atoms with Gasteiger partial charge in [0.05, 0.1) is 18.9 Å². The lowest BCUT2D eigenvalue weighted by molar-refractivity contribution is 0.327. The topological polar surface area (TPSA) is 43.6 Å². The lowest BCUT2D eigenvalue weighted by Gasteiger charge is -2.12. The Hall–Kier alpha value is -2.27. The number of thiocarbonyl (C=S) groups is 1. The van der Waals surface area contributed by atoms with Crippen LogP contribution in [-0.2, 0) is 0 Å². The van der Waals surface area contributed by atoms with Crippen LogP contribution in [0.1, 0.15) is 11.3 Å². The Balaban J connectivity index is 2.18. The van der Waals surface area contributed by atoms with Gasteiger partial charge >= 0.3 is 0 Å². The highest BCUT2D eigenvalue weighted by molar-refractivity contribution is 7.81. The van der Waals surface area contributed by atoms with Gasteiger partial charge in [0, 0.05) is 11.8 Å². The van der Waals surface area contributed by atoms with Gasteiger partial charge in [0.25, 0.3) is 0 Å². The molecule has 0 fully saturated rings. The largest absolute Gasteiger partial charge is 0.493 e. The first-order valence-electron chi connectivity index (χ1n) is 6.43. The fourth-order valence-electron chi connectivity index (χ4n) is 1.83. The van der Waals surface area contributed by atoms with Crippen molar-refractivity contribution in [2.24, 2.45) is 0 Å². The second-order valence-electron chi connectivity index (χ2n) is 4.31. The van der Waals surface area contributed by atoms with Gasteiger partial charge in [-0.05, 0) is 25.1 Å². The minimum atomic E-state index is 0.408. The number of rotatable bonds is 6. The zero-order valence-electron chi connectivity index (χ0n) is 12.0. The summed E-state index contributed by atoms with van der Waals surface area (Å²) in [7, 11) is 1.60. The molecule has 110 valence electrons. The first-order chi connectivity index (χ1) is 10.2. The van der Waals surface area contributed by atoms with Crippen LogP contribution in [0, 0.1) is 6.92 Å².